The van der Waals surface area contributed by atoms with Crippen LogP contribution in [0.5, 0.6) is 0 Å². The number of hydrogen-bond acceptors (Lipinski definition) is 5. The quantitative estimate of drug-likeness (QED) is 0.309. The van der Waals surface area contributed by atoms with Gasteiger partial charge in [0.25, 0.3) is 5.91 Å². The molecule has 6 nitrogen and oxygen atoms in total. The first-order valence-electron chi connectivity index (χ1n) is 10.3. The molecular weight excluding hydrogens is 460 g/mol. The Kier molecular flexibility index (Phi) is 8.52. The molecule has 3 rings (SSSR count). The van der Waals surface area contributed by atoms with Crippen LogP contribution < -0.4 is 10.6 Å². The lowest BCUT2D eigenvalue weighted by Crippen LogP contribution is -2.22. The molecule has 170 valence electrons. The normalized spacial score (nSPS) is 11.4. The number of nitrogens with one attached hydrogen (secondary N) is 2. The number of benzene rings is 3. The summed E-state index contributed by atoms with van der Waals surface area (Å²) in [5, 5.41) is 5.78. The number of carbonyl (C=O) groups excluding carboxylic acids is 3. The summed E-state index contributed by atoms with van der Waals surface area (Å²) >= 11 is 7.32. The topological polar surface area (TPSA) is 84.5 Å². The fraction of sp³-hybridized carbons (Fsp3) is 0.160. The van der Waals surface area contributed by atoms with Gasteiger partial charge in [-0.25, -0.2) is 4.79 Å². The van der Waals surface area contributed by atoms with Crippen LogP contribution in [0.1, 0.15) is 34.6 Å². The SMILES string of the molecule is CCOC(=O)c1ccc(NC(=O)C(C)Sc2cccc(NC(=O)c3cccc(Cl)c3)c2)cc1. The van der Waals surface area contributed by atoms with E-state index < -0.39 is 11.2 Å². The Labute approximate surface area is 201 Å². The summed E-state index contributed by atoms with van der Waals surface area (Å²) in [4.78, 5) is 37.6. The van der Waals surface area contributed by atoms with Crippen molar-refractivity contribution in [2.45, 2.75) is 24.0 Å². The summed E-state index contributed by atoms with van der Waals surface area (Å²) in [6, 6.07) is 20.5. The lowest BCUT2D eigenvalue weighted by molar-refractivity contribution is -0.115. The molecule has 0 saturated carbocycles. The van der Waals surface area contributed by atoms with Gasteiger partial charge in [0, 0.05) is 26.9 Å². The molecule has 2 amide bonds. The van der Waals surface area contributed by atoms with Crippen LogP contribution in [0.15, 0.2) is 77.7 Å². The molecule has 0 bridgehead atoms. The van der Waals surface area contributed by atoms with E-state index in [9.17, 15) is 14.4 Å². The number of ether oxygens (including phenoxy) is 1. The molecule has 2 N–H and O–H groups in total. The van der Waals surface area contributed by atoms with Crippen LogP contribution in [0.2, 0.25) is 5.02 Å². The predicted octanol–water partition coefficient (Wildman–Crippen LogP) is 5.89. The predicted molar refractivity (Wildman–Crippen MR) is 132 cm³/mol. The fourth-order valence-electron chi connectivity index (χ4n) is 2.89. The van der Waals surface area contributed by atoms with Gasteiger partial charge in [-0.1, -0.05) is 23.7 Å². The standard InChI is InChI=1S/C25H23ClN2O4S/c1-3-32-25(31)17-10-12-20(13-11-17)27-23(29)16(2)33-22-9-5-8-21(15-22)28-24(30)18-6-4-7-19(26)14-18/h4-16H,3H2,1-2H3,(H,27,29)(H,28,30). The maximum Gasteiger partial charge on any atom is 0.338 e. The number of rotatable bonds is 8. The number of thioether (sulfide) groups is 1. The van der Waals surface area contributed by atoms with Crippen molar-refractivity contribution in [1.82, 2.24) is 0 Å². The second kappa shape index (κ2) is 11.5. The van der Waals surface area contributed by atoms with E-state index in [1.807, 2.05) is 18.2 Å². The summed E-state index contributed by atoms with van der Waals surface area (Å²) in [5.41, 5.74) is 2.09. The number of anilines is 2. The summed E-state index contributed by atoms with van der Waals surface area (Å²) in [7, 11) is 0. The van der Waals surface area contributed by atoms with Gasteiger partial charge >= 0.3 is 5.97 Å². The monoisotopic (exact) mass is 482 g/mol. The minimum absolute atomic E-state index is 0.183. The molecule has 0 heterocycles. The third-order valence-corrected chi connectivity index (χ3v) is 5.85. The van der Waals surface area contributed by atoms with Crippen molar-refractivity contribution < 1.29 is 19.1 Å². The van der Waals surface area contributed by atoms with E-state index in [2.05, 4.69) is 10.6 Å². The van der Waals surface area contributed by atoms with Gasteiger partial charge in [-0.2, -0.15) is 0 Å². The number of halogens is 1. The van der Waals surface area contributed by atoms with E-state index >= 15 is 0 Å². The van der Waals surface area contributed by atoms with Gasteiger partial charge in [0.2, 0.25) is 5.91 Å². The zero-order valence-electron chi connectivity index (χ0n) is 18.1. The van der Waals surface area contributed by atoms with Crippen molar-refractivity contribution in [2.75, 3.05) is 17.2 Å². The maximum absolute atomic E-state index is 12.6. The molecule has 8 heteroatoms. The number of hydrogen-bond donors (Lipinski definition) is 2. The number of esters is 1. The molecule has 1 unspecified atom stereocenters. The van der Waals surface area contributed by atoms with E-state index in [1.165, 1.54) is 11.8 Å². The van der Waals surface area contributed by atoms with Gasteiger partial charge in [0.05, 0.1) is 17.4 Å². The highest BCUT2D eigenvalue weighted by atomic mass is 35.5. The van der Waals surface area contributed by atoms with E-state index in [-0.39, 0.29) is 11.8 Å². The molecule has 0 radical (unpaired) electrons. The lowest BCUT2D eigenvalue weighted by Gasteiger charge is -2.13. The van der Waals surface area contributed by atoms with Crippen LogP contribution in [-0.4, -0.2) is 29.6 Å². The van der Waals surface area contributed by atoms with Gasteiger partial charge in [0.15, 0.2) is 0 Å². The molecule has 0 aliphatic heterocycles. The zero-order chi connectivity index (χ0) is 23.8. The minimum atomic E-state index is -0.401. The highest BCUT2D eigenvalue weighted by Crippen LogP contribution is 2.27. The molecule has 33 heavy (non-hydrogen) atoms. The third-order valence-electron chi connectivity index (χ3n) is 4.52. The first kappa shape index (κ1) is 24.4. The van der Waals surface area contributed by atoms with Gasteiger partial charge in [-0.15, -0.1) is 11.8 Å². The second-order valence-corrected chi connectivity index (χ2v) is 8.89. The van der Waals surface area contributed by atoms with E-state index in [4.69, 9.17) is 16.3 Å². The van der Waals surface area contributed by atoms with Crippen LogP contribution in [0.25, 0.3) is 0 Å². The smallest absolute Gasteiger partial charge is 0.338 e. The van der Waals surface area contributed by atoms with E-state index in [0.29, 0.717) is 34.1 Å². The Morgan fingerprint density at radius 1 is 0.909 bits per heavy atom. The molecule has 0 spiro atoms. The van der Waals surface area contributed by atoms with Gasteiger partial charge in [-0.05, 0) is 74.5 Å². The van der Waals surface area contributed by atoms with Crippen molar-refractivity contribution in [1.29, 1.82) is 0 Å². The van der Waals surface area contributed by atoms with Crippen molar-refractivity contribution >= 4 is 52.5 Å². The summed E-state index contributed by atoms with van der Waals surface area (Å²) in [5.74, 6) is -0.851. The summed E-state index contributed by atoms with van der Waals surface area (Å²) < 4.78 is 4.96. The van der Waals surface area contributed by atoms with Crippen LogP contribution in [0.3, 0.4) is 0 Å². The molecule has 3 aromatic rings. The summed E-state index contributed by atoms with van der Waals surface area (Å²) in [6.45, 7) is 3.84. The van der Waals surface area contributed by atoms with Gasteiger partial charge in [0.1, 0.15) is 0 Å². The lowest BCUT2D eigenvalue weighted by atomic mass is 10.2. The van der Waals surface area contributed by atoms with Crippen LogP contribution in [0, 0.1) is 0 Å². The van der Waals surface area contributed by atoms with Crippen molar-refractivity contribution in [3.63, 3.8) is 0 Å². The molecular formula is C25H23ClN2O4S. The summed E-state index contributed by atoms with van der Waals surface area (Å²) in [6.07, 6.45) is 0. The number of amides is 2. The van der Waals surface area contributed by atoms with Crippen LogP contribution in [0.4, 0.5) is 11.4 Å². The minimum Gasteiger partial charge on any atom is -0.462 e. The largest absolute Gasteiger partial charge is 0.462 e. The Morgan fingerprint density at radius 2 is 1.64 bits per heavy atom. The van der Waals surface area contributed by atoms with E-state index in [1.54, 1.807) is 68.4 Å². The zero-order valence-corrected chi connectivity index (χ0v) is 19.7. The molecule has 0 fully saturated rings. The first-order valence-corrected chi connectivity index (χ1v) is 11.5. The molecule has 0 aromatic heterocycles. The Balaban J connectivity index is 1.58. The fourth-order valence-corrected chi connectivity index (χ4v) is 4.00. The van der Waals surface area contributed by atoms with Gasteiger partial charge < -0.3 is 15.4 Å². The maximum atomic E-state index is 12.6. The van der Waals surface area contributed by atoms with Gasteiger partial charge in [-0.3, -0.25) is 9.59 Å². The Bertz CT molecular complexity index is 1150. The van der Waals surface area contributed by atoms with E-state index in [0.717, 1.165) is 4.90 Å². The van der Waals surface area contributed by atoms with Crippen molar-refractivity contribution in [3.05, 3.63) is 88.9 Å². The molecule has 0 saturated heterocycles. The Hall–Kier alpha value is -3.29. The highest BCUT2D eigenvalue weighted by molar-refractivity contribution is 8.00. The Morgan fingerprint density at radius 3 is 2.33 bits per heavy atom. The average molecular weight is 483 g/mol. The third kappa shape index (κ3) is 7.10. The van der Waals surface area contributed by atoms with Crippen LogP contribution >= 0.6 is 23.4 Å². The van der Waals surface area contributed by atoms with Crippen molar-refractivity contribution in [2.24, 2.45) is 0 Å². The second-order valence-electron chi connectivity index (χ2n) is 7.04. The average Bonchev–Trinajstić information content (AvgIpc) is 2.80. The highest BCUT2D eigenvalue weighted by Gasteiger charge is 2.16. The first-order chi connectivity index (χ1) is 15.9. The van der Waals surface area contributed by atoms with Crippen molar-refractivity contribution in [3.8, 4) is 0 Å². The molecule has 1 atom stereocenters. The molecule has 0 aliphatic rings. The molecule has 0 aliphatic carbocycles. The molecule has 3 aromatic carbocycles. The van der Waals surface area contributed by atoms with Crippen LogP contribution in [-0.2, 0) is 9.53 Å². The number of carbonyl (C=O) groups is 3.